The molecule has 0 atom stereocenters. The standard InChI is InChI=1S/C7H5BrF2O/c8-5-1-2-7(11-4-9)6(10)3-5/h1-3H,4H2. The molecule has 0 spiro atoms. The summed E-state index contributed by atoms with van der Waals surface area (Å²) in [6.07, 6.45) is 0. The van der Waals surface area contributed by atoms with Crippen molar-refractivity contribution >= 4 is 15.9 Å². The molecule has 4 heteroatoms. The topological polar surface area (TPSA) is 9.23 Å². The molecule has 1 aromatic rings. The Morgan fingerprint density at radius 3 is 2.73 bits per heavy atom. The van der Waals surface area contributed by atoms with Crippen LogP contribution in [0.15, 0.2) is 22.7 Å². The van der Waals surface area contributed by atoms with E-state index in [-0.39, 0.29) is 5.75 Å². The summed E-state index contributed by atoms with van der Waals surface area (Å²) in [7, 11) is 0. The first-order valence-corrected chi connectivity index (χ1v) is 3.67. The lowest BCUT2D eigenvalue weighted by Crippen LogP contribution is -1.92. The third-order valence-corrected chi connectivity index (χ3v) is 1.60. The van der Waals surface area contributed by atoms with E-state index < -0.39 is 12.7 Å². The van der Waals surface area contributed by atoms with Crippen molar-refractivity contribution in [2.75, 3.05) is 6.86 Å². The van der Waals surface area contributed by atoms with Gasteiger partial charge in [-0.05, 0) is 18.2 Å². The first-order chi connectivity index (χ1) is 5.24. The van der Waals surface area contributed by atoms with Crippen molar-refractivity contribution in [2.45, 2.75) is 0 Å². The molecule has 0 radical (unpaired) electrons. The fourth-order valence-corrected chi connectivity index (χ4v) is 0.984. The molecule has 0 aliphatic heterocycles. The van der Waals surface area contributed by atoms with Gasteiger partial charge < -0.3 is 4.74 Å². The molecule has 11 heavy (non-hydrogen) atoms. The van der Waals surface area contributed by atoms with Crippen molar-refractivity contribution in [3.63, 3.8) is 0 Å². The highest BCUT2D eigenvalue weighted by Gasteiger charge is 2.01. The Morgan fingerprint density at radius 2 is 2.18 bits per heavy atom. The van der Waals surface area contributed by atoms with Crippen LogP contribution in [0.5, 0.6) is 5.75 Å². The molecule has 0 N–H and O–H groups in total. The summed E-state index contributed by atoms with van der Waals surface area (Å²) >= 11 is 3.06. The van der Waals surface area contributed by atoms with Gasteiger partial charge in [0, 0.05) is 4.47 Å². The van der Waals surface area contributed by atoms with Crippen LogP contribution in [-0.2, 0) is 0 Å². The van der Waals surface area contributed by atoms with Crippen LogP contribution in [0.3, 0.4) is 0 Å². The van der Waals surface area contributed by atoms with Gasteiger partial charge in [0.1, 0.15) is 0 Å². The largest absolute Gasteiger partial charge is 0.460 e. The number of hydrogen-bond acceptors (Lipinski definition) is 1. The molecule has 1 aromatic carbocycles. The lowest BCUT2D eigenvalue weighted by molar-refractivity contribution is 0.184. The summed E-state index contributed by atoms with van der Waals surface area (Å²) in [4.78, 5) is 0. The SMILES string of the molecule is FCOc1ccc(Br)cc1F. The van der Waals surface area contributed by atoms with Crippen molar-refractivity contribution in [2.24, 2.45) is 0 Å². The molecule has 60 valence electrons. The Morgan fingerprint density at radius 1 is 1.45 bits per heavy atom. The van der Waals surface area contributed by atoms with E-state index in [0.29, 0.717) is 4.47 Å². The van der Waals surface area contributed by atoms with Crippen molar-refractivity contribution in [3.8, 4) is 5.75 Å². The summed E-state index contributed by atoms with van der Waals surface area (Å²) < 4.78 is 29.2. The number of hydrogen-bond donors (Lipinski definition) is 0. The summed E-state index contributed by atoms with van der Waals surface area (Å²) in [6.45, 7) is -1.02. The quantitative estimate of drug-likeness (QED) is 0.748. The van der Waals surface area contributed by atoms with Gasteiger partial charge >= 0.3 is 0 Å². The first kappa shape index (κ1) is 8.46. The number of benzene rings is 1. The molecule has 0 saturated heterocycles. The molecule has 0 saturated carbocycles. The normalized spacial score (nSPS) is 9.73. The average molecular weight is 223 g/mol. The van der Waals surface area contributed by atoms with Crippen molar-refractivity contribution in [3.05, 3.63) is 28.5 Å². The molecular weight excluding hydrogens is 218 g/mol. The van der Waals surface area contributed by atoms with Crippen LogP contribution >= 0.6 is 15.9 Å². The fourth-order valence-electron chi connectivity index (χ4n) is 0.651. The van der Waals surface area contributed by atoms with Crippen molar-refractivity contribution < 1.29 is 13.5 Å². The van der Waals surface area contributed by atoms with Crippen LogP contribution in [0.1, 0.15) is 0 Å². The van der Waals surface area contributed by atoms with E-state index >= 15 is 0 Å². The fraction of sp³-hybridized carbons (Fsp3) is 0.143. The van der Waals surface area contributed by atoms with Gasteiger partial charge in [0.15, 0.2) is 11.6 Å². The van der Waals surface area contributed by atoms with Gasteiger partial charge in [-0.3, -0.25) is 0 Å². The molecule has 0 aliphatic rings. The lowest BCUT2D eigenvalue weighted by Gasteiger charge is -2.01. The minimum absolute atomic E-state index is 0.0734. The van der Waals surface area contributed by atoms with Gasteiger partial charge in [0.2, 0.25) is 6.86 Å². The maximum absolute atomic E-state index is 12.7. The molecule has 0 amide bonds. The highest BCUT2D eigenvalue weighted by Crippen LogP contribution is 2.21. The average Bonchev–Trinajstić information content (AvgIpc) is 1.95. The Bertz CT molecular complexity index is 252. The summed E-state index contributed by atoms with van der Waals surface area (Å²) in [5, 5.41) is 0. The monoisotopic (exact) mass is 222 g/mol. The molecule has 1 nitrogen and oxygen atoms in total. The third-order valence-electron chi connectivity index (χ3n) is 1.10. The van der Waals surface area contributed by atoms with Crippen LogP contribution in [0.2, 0.25) is 0 Å². The first-order valence-electron chi connectivity index (χ1n) is 2.88. The molecule has 0 unspecified atom stereocenters. The minimum Gasteiger partial charge on any atom is -0.460 e. The van der Waals surface area contributed by atoms with Gasteiger partial charge in [-0.25, -0.2) is 8.78 Å². The van der Waals surface area contributed by atoms with E-state index in [2.05, 4.69) is 20.7 Å². The zero-order chi connectivity index (χ0) is 8.27. The van der Waals surface area contributed by atoms with Crippen LogP contribution in [0, 0.1) is 5.82 Å². The molecule has 0 heterocycles. The predicted octanol–water partition coefficient (Wildman–Crippen LogP) is 2.89. The zero-order valence-corrected chi connectivity index (χ0v) is 7.07. The Balaban J connectivity index is 2.90. The van der Waals surface area contributed by atoms with Crippen LogP contribution < -0.4 is 4.74 Å². The Kier molecular flexibility index (Phi) is 2.82. The zero-order valence-electron chi connectivity index (χ0n) is 5.48. The summed E-state index contributed by atoms with van der Waals surface area (Å²) in [5.41, 5.74) is 0. The van der Waals surface area contributed by atoms with Crippen LogP contribution in [0.4, 0.5) is 8.78 Å². The second-order valence-electron chi connectivity index (χ2n) is 1.83. The van der Waals surface area contributed by atoms with E-state index in [1.54, 1.807) is 6.07 Å². The van der Waals surface area contributed by atoms with Gasteiger partial charge in [0.05, 0.1) is 0 Å². The summed E-state index contributed by atoms with van der Waals surface area (Å²) in [5.74, 6) is -0.646. The minimum atomic E-state index is -1.02. The van der Waals surface area contributed by atoms with Crippen molar-refractivity contribution in [1.29, 1.82) is 0 Å². The van der Waals surface area contributed by atoms with Crippen LogP contribution in [0.25, 0.3) is 0 Å². The van der Waals surface area contributed by atoms with Crippen LogP contribution in [-0.4, -0.2) is 6.86 Å². The second kappa shape index (κ2) is 3.67. The van der Waals surface area contributed by atoms with E-state index in [1.165, 1.54) is 12.1 Å². The van der Waals surface area contributed by atoms with Gasteiger partial charge in [0.25, 0.3) is 0 Å². The van der Waals surface area contributed by atoms with Crippen molar-refractivity contribution in [1.82, 2.24) is 0 Å². The molecule has 0 aromatic heterocycles. The predicted molar refractivity (Wildman–Crippen MR) is 40.7 cm³/mol. The van der Waals surface area contributed by atoms with E-state index in [0.717, 1.165) is 0 Å². The lowest BCUT2D eigenvalue weighted by atomic mass is 10.3. The maximum Gasteiger partial charge on any atom is 0.228 e. The number of ether oxygens (including phenoxy) is 1. The smallest absolute Gasteiger partial charge is 0.228 e. The number of alkyl halides is 1. The second-order valence-corrected chi connectivity index (χ2v) is 2.74. The van der Waals surface area contributed by atoms with E-state index in [1.807, 2.05) is 0 Å². The van der Waals surface area contributed by atoms with E-state index in [9.17, 15) is 8.78 Å². The number of halogens is 3. The third kappa shape index (κ3) is 2.15. The maximum atomic E-state index is 12.7. The van der Waals surface area contributed by atoms with E-state index in [4.69, 9.17) is 0 Å². The molecule has 1 rings (SSSR count). The molecular formula is C7H5BrF2O. The Labute approximate surface area is 71.1 Å². The Hall–Kier alpha value is -0.640. The number of rotatable bonds is 2. The van der Waals surface area contributed by atoms with Gasteiger partial charge in [-0.15, -0.1) is 0 Å². The summed E-state index contributed by atoms with van der Waals surface area (Å²) in [6, 6.07) is 4.15. The van der Waals surface area contributed by atoms with Gasteiger partial charge in [-0.2, -0.15) is 0 Å². The highest BCUT2D eigenvalue weighted by molar-refractivity contribution is 9.10. The highest BCUT2D eigenvalue weighted by atomic mass is 79.9. The van der Waals surface area contributed by atoms with Gasteiger partial charge in [-0.1, -0.05) is 15.9 Å². The molecule has 0 bridgehead atoms. The molecule has 0 fully saturated rings. The molecule has 0 aliphatic carbocycles.